The zero-order valence-corrected chi connectivity index (χ0v) is 10.5. The first kappa shape index (κ1) is 13.1. The second-order valence-corrected chi connectivity index (χ2v) is 4.48. The van der Waals surface area contributed by atoms with Gasteiger partial charge in [-0.1, -0.05) is 11.8 Å². The number of hydrogen-bond donors (Lipinski definition) is 1. The summed E-state index contributed by atoms with van der Waals surface area (Å²) in [4.78, 5) is 14.7. The summed E-state index contributed by atoms with van der Waals surface area (Å²) in [5, 5.41) is 9.36. The molecule has 1 heterocycles. The Morgan fingerprint density at radius 2 is 2.44 bits per heavy atom. The third-order valence-corrected chi connectivity index (χ3v) is 3.07. The lowest BCUT2D eigenvalue weighted by Crippen LogP contribution is -2.14. The van der Waals surface area contributed by atoms with Crippen LogP contribution < -0.4 is 0 Å². The van der Waals surface area contributed by atoms with E-state index in [1.54, 1.807) is 13.3 Å². The van der Waals surface area contributed by atoms with Crippen molar-refractivity contribution in [2.24, 2.45) is 0 Å². The van der Waals surface area contributed by atoms with Crippen molar-refractivity contribution in [3.63, 3.8) is 0 Å². The number of carboxylic acids is 1. The normalized spacial score (nSPS) is 12.7. The van der Waals surface area contributed by atoms with Gasteiger partial charge in [-0.2, -0.15) is 0 Å². The van der Waals surface area contributed by atoms with E-state index < -0.39 is 5.97 Å². The third kappa shape index (κ3) is 3.24. The van der Waals surface area contributed by atoms with Crippen molar-refractivity contribution in [3.05, 3.63) is 11.9 Å². The van der Waals surface area contributed by atoms with Gasteiger partial charge in [0.1, 0.15) is 0 Å². The van der Waals surface area contributed by atoms with Crippen molar-refractivity contribution in [3.8, 4) is 0 Å². The lowest BCUT2D eigenvalue weighted by Gasteiger charge is -2.16. The number of hydrogen-bond acceptors (Lipinski definition) is 4. The minimum Gasteiger partial charge on any atom is -0.481 e. The molecule has 1 atom stereocenters. The Balaban J connectivity index is 2.80. The Kier molecular flexibility index (Phi) is 4.82. The number of aliphatic carboxylic acids is 1. The maximum atomic E-state index is 10.5. The predicted molar refractivity (Wildman–Crippen MR) is 61.9 cm³/mol. The second kappa shape index (κ2) is 5.91. The van der Waals surface area contributed by atoms with Gasteiger partial charge in [0.15, 0.2) is 5.16 Å². The highest BCUT2D eigenvalue weighted by atomic mass is 32.2. The van der Waals surface area contributed by atoms with Crippen LogP contribution in [0.25, 0.3) is 0 Å². The molecule has 5 nitrogen and oxygen atoms in total. The topological polar surface area (TPSA) is 64.4 Å². The van der Waals surface area contributed by atoms with Gasteiger partial charge in [0.25, 0.3) is 0 Å². The van der Waals surface area contributed by atoms with Gasteiger partial charge in [0.05, 0.1) is 18.4 Å². The van der Waals surface area contributed by atoms with Crippen molar-refractivity contribution in [1.82, 2.24) is 9.55 Å². The fraction of sp³-hybridized carbons (Fsp3) is 0.600. The molecule has 0 bridgehead atoms. The lowest BCUT2D eigenvalue weighted by molar-refractivity contribution is -0.133. The summed E-state index contributed by atoms with van der Waals surface area (Å²) >= 11 is 1.23. The van der Waals surface area contributed by atoms with Crippen molar-refractivity contribution in [2.75, 3.05) is 19.5 Å². The number of ether oxygens (including phenoxy) is 1. The largest absolute Gasteiger partial charge is 0.481 e. The highest BCUT2D eigenvalue weighted by Gasteiger charge is 2.14. The van der Waals surface area contributed by atoms with E-state index in [-0.39, 0.29) is 11.8 Å². The van der Waals surface area contributed by atoms with Crippen LogP contribution in [0.4, 0.5) is 0 Å². The first-order valence-corrected chi connectivity index (χ1v) is 5.92. The van der Waals surface area contributed by atoms with Gasteiger partial charge in [0.2, 0.25) is 0 Å². The molecule has 0 saturated heterocycles. The van der Waals surface area contributed by atoms with E-state index in [0.717, 1.165) is 10.9 Å². The fourth-order valence-electron chi connectivity index (χ4n) is 1.51. The van der Waals surface area contributed by atoms with Crippen LogP contribution in [0.5, 0.6) is 0 Å². The number of aromatic nitrogens is 2. The Morgan fingerprint density at radius 1 is 1.75 bits per heavy atom. The second-order valence-electron chi connectivity index (χ2n) is 3.54. The van der Waals surface area contributed by atoms with Crippen LogP contribution in [0.2, 0.25) is 0 Å². The first-order chi connectivity index (χ1) is 7.56. The molecule has 0 aliphatic heterocycles. The zero-order valence-electron chi connectivity index (χ0n) is 9.64. The number of methoxy groups -OCH3 is 1. The first-order valence-electron chi connectivity index (χ1n) is 4.93. The summed E-state index contributed by atoms with van der Waals surface area (Å²) in [6.07, 6.45) is 1.75. The smallest absolute Gasteiger partial charge is 0.313 e. The van der Waals surface area contributed by atoms with E-state index in [1.807, 2.05) is 18.4 Å². The number of nitrogens with zero attached hydrogens (tertiary/aromatic N) is 2. The zero-order chi connectivity index (χ0) is 12.1. The van der Waals surface area contributed by atoms with E-state index in [2.05, 4.69) is 4.98 Å². The molecule has 1 rings (SSSR count). The highest BCUT2D eigenvalue weighted by Crippen LogP contribution is 2.22. The Labute approximate surface area is 98.8 Å². The number of imidazole rings is 1. The maximum absolute atomic E-state index is 10.5. The molecule has 0 fully saturated rings. The summed E-state index contributed by atoms with van der Waals surface area (Å²) in [6, 6.07) is 0.156. The van der Waals surface area contributed by atoms with Gasteiger partial charge in [-0.25, -0.2) is 4.98 Å². The van der Waals surface area contributed by atoms with Crippen molar-refractivity contribution < 1.29 is 14.6 Å². The number of carbonyl (C=O) groups is 1. The number of thioether (sulfide) groups is 1. The maximum Gasteiger partial charge on any atom is 0.313 e. The van der Waals surface area contributed by atoms with Gasteiger partial charge >= 0.3 is 5.97 Å². The van der Waals surface area contributed by atoms with Crippen LogP contribution in [-0.2, 0) is 9.53 Å². The van der Waals surface area contributed by atoms with Crippen LogP contribution in [0.1, 0.15) is 18.7 Å². The molecule has 0 spiro atoms. The van der Waals surface area contributed by atoms with Crippen molar-refractivity contribution in [2.45, 2.75) is 25.0 Å². The van der Waals surface area contributed by atoms with E-state index in [4.69, 9.17) is 9.84 Å². The number of rotatable bonds is 6. The summed E-state index contributed by atoms with van der Waals surface area (Å²) in [5.74, 6) is -0.813. The molecule has 1 aromatic heterocycles. The van der Waals surface area contributed by atoms with Gasteiger partial charge in [-0.15, -0.1) is 0 Å². The average Bonchev–Trinajstić information content (AvgIpc) is 2.57. The predicted octanol–water partition coefficient (Wildman–Crippen LogP) is 1.58. The molecule has 0 amide bonds. The Morgan fingerprint density at radius 3 is 3.00 bits per heavy atom. The SMILES string of the molecule is COCC(C)n1c(C)cnc1SCC(=O)O. The van der Waals surface area contributed by atoms with E-state index in [9.17, 15) is 4.79 Å². The van der Waals surface area contributed by atoms with E-state index in [1.165, 1.54) is 11.8 Å². The summed E-state index contributed by atoms with van der Waals surface area (Å²) in [6.45, 7) is 4.55. The van der Waals surface area contributed by atoms with Gasteiger partial charge in [-0.05, 0) is 13.8 Å². The molecule has 1 aromatic rings. The summed E-state index contributed by atoms with van der Waals surface area (Å²) in [5.41, 5.74) is 1.01. The Hall–Kier alpha value is -1.01. The molecular formula is C10H16N2O3S. The minimum atomic E-state index is -0.836. The molecule has 1 N–H and O–H groups in total. The molecule has 0 aliphatic carbocycles. The van der Waals surface area contributed by atoms with Crippen LogP contribution >= 0.6 is 11.8 Å². The van der Waals surface area contributed by atoms with Crippen molar-refractivity contribution in [1.29, 1.82) is 0 Å². The van der Waals surface area contributed by atoms with Crippen LogP contribution in [0.15, 0.2) is 11.4 Å². The van der Waals surface area contributed by atoms with E-state index >= 15 is 0 Å². The fourth-order valence-corrected chi connectivity index (χ4v) is 2.35. The third-order valence-electron chi connectivity index (χ3n) is 2.12. The highest BCUT2D eigenvalue weighted by molar-refractivity contribution is 7.99. The quantitative estimate of drug-likeness (QED) is 0.770. The monoisotopic (exact) mass is 244 g/mol. The molecule has 0 aromatic carbocycles. The van der Waals surface area contributed by atoms with Gasteiger partial charge in [-0.3, -0.25) is 4.79 Å². The van der Waals surface area contributed by atoms with Crippen LogP contribution in [-0.4, -0.2) is 40.1 Å². The summed E-state index contributed by atoms with van der Waals surface area (Å²) < 4.78 is 7.09. The molecule has 0 aliphatic rings. The van der Waals surface area contributed by atoms with E-state index in [0.29, 0.717) is 6.61 Å². The number of carboxylic acid groups (broad SMARTS) is 1. The minimum absolute atomic E-state index is 0.0240. The van der Waals surface area contributed by atoms with Crippen molar-refractivity contribution >= 4 is 17.7 Å². The van der Waals surface area contributed by atoms with Gasteiger partial charge in [0, 0.05) is 19.0 Å². The average molecular weight is 244 g/mol. The standard InChI is InChI=1S/C10H16N2O3S/c1-7-4-11-10(16-6-9(13)14)12(7)8(2)5-15-3/h4,8H,5-6H2,1-3H3,(H,13,14). The lowest BCUT2D eigenvalue weighted by atomic mass is 10.3. The molecule has 16 heavy (non-hydrogen) atoms. The number of aryl methyl sites for hydroxylation is 1. The van der Waals surface area contributed by atoms with Gasteiger partial charge < -0.3 is 14.4 Å². The van der Waals surface area contributed by atoms with Crippen LogP contribution in [0.3, 0.4) is 0 Å². The molecule has 90 valence electrons. The van der Waals surface area contributed by atoms with Crippen LogP contribution in [0, 0.1) is 6.92 Å². The molecule has 1 unspecified atom stereocenters. The molecule has 0 radical (unpaired) electrons. The molecule has 6 heteroatoms. The molecule has 0 saturated carbocycles. The summed E-state index contributed by atoms with van der Waals surface area (Å²) in [7, 11) is 1.65. The molecular weight excluding hydrogens is 228 g/mol. The Bertz CT molecular complexity index is 365.